The summed E-state index contributed by atoms with van der Waals surface area (Å²) < 4.78 is 42.1. The lowest BCUT2D eigenvalue weighted by molar-refractivity contribution is -0.159. The Hall–Kier alpha value is -3.63. The molecule has 0 saturated carbocycles. The van der Waals surface area contributed by atoms with Gasteiger partial charge in [-0.3, -0.25) is 0 Å². The van der Waals surface area contributed by atoms with E-state index in [-0.39, 0.29) is 11.9 Å². The summed E-state index contributed by atoms with van der Waals surface area (Å²) in [5.41, 5.74) is 1.49. The number of piperazine rings is 1. The lowest BCUT2D eigenvalue weighted by Crippen LogP contribution is -2.52. The van der Waals surface area contributed by atoms with Gasteiger partial charge in [0.1, 0.15) is 5.82 Å². The van der Waals surface area contributed by atoms with E-state index in [0.29, 0.717) is 44.1 Å². The molecular weight excluding hydrogens is 425 g/mol. The van der Waals surface area contributed by atoms with E-state index >= 15 is 0 Å². The Morgan fingerprint density at radius 3 is 2.44 bits per heavy atom. The molecule has 3 heterocycles. The third-order valence-corrected chi connectivity index (χ3v) is 5.10. The Morgan fingerprint density at radius 1 is 1.06 bits per heavy atom. The second kappa shape index (κ2) is 9.25. The topological polar surface area (TPSA) is 87.4 Å². The van der Waals surface area contributed by atoms with E-state index in [1.165, 1.54) is 11.8 Å². The maximum Gasteiger partial charge on any atom is 0.471 e. The monoisotopic (exact) mass is 446 g/mol. The van der Waals surface area contributed by atoms with Gasteiger partial charge < -0.3 is 19.6 Å². The minimum atomic E-state index is -4.69. The zero-order chi connectivity index (χ0) is 22.6. The first-order valence-corrected chi connectivity index (χ1v) is 10.1. The largest absolute Gasteiger partial charge is 0.471 e. The van der Waals surface area contributed by atoms with Crippen molar-refractivity contribution in [3.63, 3.8) is 0 Å². The number of pyridine rings is 1. The molecule has 8 nitrogen and oxygen atoms in total. The molecule has 1 aromatic carbocycles. The van der Waals surface area contributed by atoms with Gasteiger partial charge in [0.15, 0.2) is 0 Å². The highest BCUT2D eigenvalue weighted by Gasteiger charge is 2.38. The summed E-state index contributed by atoms with van der Waals surface area (Å²) in [5.74, 6) is -0.902. The van der Waals surface area contributed by atoms with Gasteiger partial charge in [0.05, 0.1) is 0 Å². The standard InChI is InChI=1S/C21H21F3N6O2/c22-21(23,24)19-27-18(28-32-19)16-6-7-17(26-14-16)29-10-12-30(13-11-29)20(31)25-9-8-15-4-2-1-3-5-15/h1-7,14H,8-13H2,(H,25,31). The second-order valence-corrected chi connectivity index (χ2v) is 7.27. The molecule has 0 aliphatic carbocycles. The number of carbonyl (C=O) groups excluding carboxylic acids is 1. The van der Waals surface area contributed by atoms with Crippen LogP contribution in [0, 0.1) is 0 Å². The van der Waals surface area contributed by atoms with E-state index in [1.807, 2.05) is 35.2 Å². The van der Waals surface area contributed by atoms with Gasteiger partial charge in [-0.05, 0) is 24.1 Å². The van der Waals surface area contributed by atoms with Crippen LogP contribution in [0.2, 0.25) is 0 Å². The SMILES string of the molecule is O=C(NCCc1ccccc1)N1CCN(c2ccc(-c3noc(C(F)(F)F)n3)cn2)CC1. The molecule has 0 spiro atoms. The fraction of sp³-hybridized carbons (Fsp3) is 0.333. The third-order valence-electron chi connectivity index (χ3n) is 5.10. The van der Waals surface area contributed by atoms with E-state index in [0.717, 1.165) is 6.42 Å². The van der Waals surface area contributed by atoms with Crippen LogP contribution in [0.15, 0.2) is 53.2 Å². The van der Waals surface area contributed by atoms with Crippen LogP contribution < -0.4 is 10.2 Å². The third kappa shape index (κ3) is 5.16. The molecule has 1 aliphatic rings. The molecular formula is C21H21F3N6O2. The van der Waals surface area contributed by atoms with E-state index in [9.17, 15) is 18.0 Å². The number of benzene rings is 1. The first-order valence-electron chi connectivity index (χ1n) is 10.1. The van der Waals surface area contributed by atoms with Gasteiger partial charge in [-0.25, -0.2) is 9.78 Å². The smallest absolute Gasteiger partial charge is 0.353 e. The number of rotatable bonds is 5. The van der Waals surface area contributed by atoms with Crippen LogP contribution in [-0.4, -0.2) is 58.8 Å². The van der Waals surface area contributed by atoms with Crippen molar-refractivity contribution in [1.29, 1.82) is 0 Å². The Balaban J connectivity index is 1.26. The number of anilines is 1. The van der Waals surface area contributed by atoms with Gasteiger partial charge in [0, 0.05) is 44.5 Å². The maximum absolute atomic E-state index is 12.6. The fourth-order valence-corrected chi connectivity index (χ4v) is 3.37. The number of carbonyl (C=O) groups is 1. The van der Waals surface area contributed by atoms with Crippen LogP contribution >= 0.6 is 0 Å². The molecule has 0 unspecified atom stereocenters. The summed E-state index contributed by atoms with van der Waals surface area (Å²) in [6, 6.07) is 13.1. The summed E-state index contributed by atoms with van der Waals surface area (Å²) in [5, 5.41) is 6.30. The summed E-state index contributed by atoms with van der Waals surface area (Å²) in [6.07, 6.45) is -2.51. The van der Waals surface area contributed by atoms with E-state index in [4.69, 9.17) is 0 Å². The van der Waals surface area contributed by atoms with Gasteiger partial charge in [0.2, 0.25) is 5.82 Å². The van der Waals surface area contributed by atoms with Crippen molar-refractivity contribution in [1.82, 2.24) is 25.3 Å². The summed E-state index contributed by atoms with van der Waals surface area (Å²) in [4.78, 5) is 23.8. The quantitative estimate of drug-likeness (QED) is 0.648. The second-order valence-electron chi connectivity index (χ2n) is 7.27. The first-order chi connectivity index (χ1) is 15.4. The van der Waals surface area contributed by atoms with Crippen LogP contribution in [0.1, 0.15) is 11.5 Å². The molecule has 1 N–H and O–H groups in total. The molecule has 2 aromatic heterocycles. The number of hydrogen-bond acceptors (Lipinski definition) is 6. The molecule has 4 rings (SSSR count). The summed E-state index contributed by atoms with van der Waals surface area (Å²) >= 11 is 0. The normalized spacial score (nSPS) is 14.5. The molecule has 168 valence electrons. The van der Waals surface area contributed by atoms with Crippen molar-refractivity contribution in [2.24, 2.45) is 0 Å². The van der Waals surface area contributed by atoms with E-state index in [2.05, 4.69) is 25.0 Å². The van der Waals surface area contributed by atoms with Gasteiger partial charge in [-0.1, -0.05) is 35.5 Å². The Kier molecular flexibility index (Phi) is 6.24. The lowest BCUT2D eigenvalue weighted by atomic mass is 10.1. The Labute approximate surface area is 182 Å². The van der Waals surface area contributed by atoms with Gasteiger partial charge >= 0.3 is 18.1 Å². The number of hydrogen-bond donors (Lipinski definition) is 1. The van der Waals surface area contributed by atoms with Crippen molar-refractivity contribution < 1.29 is 22.5 Å². The predicted octanol–water partition coefficient (Wildman–Crippen LogP) is 3.22. The van der Waals surface area contributed by atoms with Crippen LogP contribution in [0.3, 0.4) is 0 Å². The Bertz CT molecular complexity index is 1030. The first kappa shape index (κ1) is 21.6. The molecule has 11 heteroatoms. The molecule has 1 saturated heterocycles. The highest BCUT2D eigenvalue weighted by Crippen LogP contribution is 2.29. The number of halogens is 3. The molecule has 2 amide bonds. The van der Waals surface area contributed by atoms with Crippen molar-refractivity contribution in [2.45, 2.75) is 12.6 Å². The van der Waals surface area contributed by atoms with Crippen molar-refractivity contribution >= 4 is 11.8 Å². The predicted molar refractivity (Wildman–Crippen MR) is 110 cm³/mol. The average molecular weight is 446 g/mol. The number of nitrogens with one attached hydrogen (secondary N) is 1. The minimum absolute atomic E-state index is 0.0959. The van der Waals surface area contributed by atoms with Gasteiger partial charge in [-0.2, -0.15) is 18.2 Å². The molecule has 1 fully saturated rings. The highest BCUT2D eigenvalue weighted by atomic mass is 19.4. The molecule has 0 radical (unpaired) electrons. The number of amides is 2. The summed E-state index contributed by atoms with van der Waals surface area (Å²) in [6.45, 7) is 2.84. The zero-order valence-corrected chi connectivity index (χ0v) is 17.0. The molecule has 0 atom stereocenters. The van der Waals surface area contributed by atoms with E-state index < -0.39 is 12.1 Å². The molecule has 1 aliphatic heterocycles. The maximum atomic E-state index is 12.6. The number of urea groups is 1. The molecule has 32 heavy (non-hydrogen) atoms. The number of alkyl halides is 3. The summed E-state index contributed by atoms with van der Waals surface area (Å²) in [7, 11) is 0. The zero-order valence-electron chi connectivity index (χ0n) is 17.0. The van der Waals surface area contributed by atoms with Crippen molar-refractivity contribution in [3.05, 3.63) is 60.1 Å². The lowest BCUT2D eigenvalue weighted by Gasteiger charge is -2.35. The number of aromatic nitrogens is 3. The van der Waals surface area contributed by atoms with Crippen LogP contribution in [-0.2, 0) is 12.6 Å². The molecule has 0 bridgehead atoms. The Morgan fingerprint density at radius 2 is 1.81 bits per heavy atom. The fourth-order valence-electron chi connectivity index (χ4n) is 3.37. The number of nitrogens with zero attached hydrogens (tertiary/aromatic N) is 5. The van der Waals surface area contributed by atoms with Crippen molar-refractivity contribution in [2.75, 3.05) is 37.6 Å². The van der Waals surface area contributed by atoms with Crippen LogP contribution in [0.25, 0.3) is 11.4 Å². The van der Waals surface area contributed by atoms with Gasteiger partial charge in [-0.15, -0.1) is 0 Å². The van der Waals surface area contributed by atoms with Crippen LogP contribution in [0.4, 0.5) is 23.8 Å². The average Bonchev–Trinajstić information content (AvgIpc) is 3.31. The van der Waals surface area contributed by atoms with Crippen LogP contribution in [0.5, 0.6) is 0 Å². The highest BCUT2D eigenvalue weighted by molar-refractivity contribution is 5.74. The van der Waals surface area contributed by atoms with Gasteiger partial charge in [0.25, 0.3) is 0 Å². The van der Waals surface area contributed by atoms with E-state index in [1.54, 1.807) is 17.0 Å². The van der Waals surface area contributed by atoms with Crippen molar-refractivity contribution in [3.8, 4) is 11.4 Å². The minimum Gasteiger partial charge on any atom is -0.353 e. The molecule has 3 aromatic rings.